The van der Waals surface area contributed by atoms with E-state index in [4.69, 9.17) is 4.98 Å². The molecule has 10 heteroatoms. The Bertz CT molecular complexity index is 866. The van der Waals surface area contributed by atoms with Crippen molar-refractivity contribution in [1.29, 1.82) is 0 Å². The molecule has 9 nitrogen and oxygen atoms in total. The normalized spacial score (nSPS) is 26.9. The maximum atomic E-state index is 12.8. The van der Waals surface area contributed by atoms with Gasteiger partial charge in [-0.1, -0.05) is 0 Å². The fourth-order valence-corrected chi connectivity index (χ4v) is 6.22. The summed E-state index contributed by atoms with van der Waals surface area (Å²) in [5, 5.41) is 2.27. The van der Waals surface area contributed by atoms with E-state index in [2.05, 4.69) is 27.1 Å². The third kappa shape index (κ3) is 3.55. The monoisotopic (exact) mass is 408 g/mol. The summed E-state index contributed by atoms with van der Waals surface area (Å²) in [4.78, 5) is 27.7. The molecule has 0 aromatic carbocycles. The Morgan fingerprint density at radius 2 is 1.93 bits per heavy atom. The molecule has 4 rings (SSSR count). The molecule has 2 atom stereocenters. The molecule has 1 aromatic heterocycles. The lowest BCUT2D eigenvalue weighted by Gasteiger charge is -2.33. The van der Waals surface area contributed by atoms with Crippen LogP contribution >= 0.6 is 0 Å². The van der Waals surface area contributed by atoms with E-state index in [1.165, 1.54) is 0 Å². The average molecular weight is 409 g/mol. The summed E-state index contributed by atoms with van der Waals surface area (Å²) in [7, 11) is -1.24. The van der Waals surface area contributed by atoms with Crippen LogP contribution in [0.1, 0.15) is 31.0 Å². The molecule has 1 N–H and O–H groups in total. The van der Waals surface area contributed by atoms with E-state index in [1.54, 1.807) is 11.1 Å². The van der Waals surface area contributed by atoms with E-state index >= 15 is 0 Å². The molecule has 3 aliphatic heterocycles. The highest BCUT2D eigenvalue weighted by Crippen LogP contribution is 2.39. The summed E-state index contributed by atoms with van der Waals surface area (Å²) >= 11 is 0. The molecular formula is C18H28N6O3S. The Hall–Kier alpha value is -1.94. The van der Waals surface area contributed by atoms with Crippen molar-refractivity contribution in [2.45, 2.75) is 36.8 Å². The van der Waals surface area contributed by atoms with E-state index in [9.17, 15) is 13.2 Å². The highest BCUT2D eigenvalue weighted by Gasteiger charge is 2.48. The topological polar surface area (TPSA) is 98.7 Å². The van der Waals surface area contributed by atoms with Gasteiger partial charge in [0.2, 0.25) is 5.95 Å². The lowest BCUT2D eigenvalue weighted by Crippen LogP contribution is -2.45. The number of sulfone groups is 1. The van der Waals surface area contributed by atoms with Gasteiger partial charge in [-0.2, -0.15) is 0 Å². The molecule has 2 fully saturated rings. The van der Waals surface area contributed by atoms with Gasteiger partial charge in [0.25, 0.3) is 0 Å². The first-order valence-electron chi connectivity index (χ1n) is 9.81. The fraction of sp³-hybridized carbons (Fsp3) is 0.722. The number of nitrogens with zero attached hydrogens (tertiary/aromatic N) is 5. The predicted molar refractivity (Wildman–Crippen MR) is 106 cm³/mol. The van der Waals surface area contributed by atoms with Crippen molar-refractivity contribution in [3.63, 3.8) is 0 Å². The van der Waals surface area contributed by atoms with Crippen LogP contribution in [0.3, 0.4) is 0 Å². The van der Waals surface area contributed by atoms with Crippen LogP contribution in [0.15, 0.2) is 6.20 Å². The first-order chi connectivity index (χ1) is 13.2. The minimum absolute atomic E-state index is 0.00480. The molecule has 2 amide bonds. The second kappa shape index (κ2) is 7.14. The number of anilines is 1. The van der Waals surface area contributed by atoms with E-state index in [1.807, 2.05) is 13.8 Å². The number of fused-ring (bicyclic) bond motifs is 3. The van der Waals surface area contributed by atoms with Gasteiger partial charge in [0, 0.05) is 63.0 Å². The maximum Gasteiger partial charge on any atom is 0.317 e. The number of hydrogen-bond donors (Lipinski definition) is 1. The molecule has 28 heavy (non-hydrogen) atoms. The van der Waals surface area contributed by atoms with Gasteiger partial charge in [-0.25, -0.2) is 23.2 Å². The number of piperazine rings is 1. The van der Waals surface area contributed by atoms with Crippen LogP contribution < -0.4 is 10.2 Å². The Kier molecular flexibility index (Phi) is 4.95. The summed E-state index contributed by atoms with van der Waals surface area (Å²) in [5.74, 6) is 0.322. The van der Waals surface area contributed by atoms with Crippen LogP contribution in [0.5, 0.6) is 0 Å². The van der Waals surface area contributed by atoms with Crippen LogP contribution in [-0.4, -0.2) is 91.8 Å². The van der Waals surface area contributed by atoms with Gasteiger partial charge in [0.15, 0.2) is 9.84 Å². The Morgan fingerprint density at radius 3 is 2.61 bits per heavy atom. The minimum Gasteiger partial charge on any atom is -0.338 e. The van der Waals surface area contributed by atoms with Crippen molar-refractivity contribution in [3.8, 4) is 0 Å². The number of likely N-dealkylation sites (tertiary alicyclic amines) is 1. The van der Waals surface area contributed by atoms with E-state index in [-0.39, 0.29) is 30.3 Å². The molecule has 0 radical (unpaired) electrons. The Morgan fingerprint density at radius 1 is 1.21 bits per heavy atom. The third-order valence-corrected chi connectivity index (χ3v) is 7.92. The van der Waals surface area contributed by atoms with E-state index < -0.39 is 15.1 Å². The van der Waals surface area contributed by atoms with Gasteiger partial charge >= 0.3 is 6.03 Å². The molecule has 0 unspecified atom stereocenters. The number of nitrogens with one attached hydrogen (secondary N) is 1. The fourth-order valence-electron chi connectivity index (χ4n) is 4.23. The summed E-state index contributed by atoms with van der Waals surface area (Å²) in [6.07, 6.45) is 1.67. The largest absolute Gasteiger partial charge is 0.338 e. The molecule has 0 aliphatic carbocycles. The van der Waals surface area contributed by atoms with E-state index in [0.29, 0.717) is 18.1 Å². The van der Waals surface area contributed by atoms with Gasteiger partial charge < -0.3 is 20.0 Å². The van der Waals surface area contributed by atoms with Crippen LogP contribution in [0.4, 0.5) is 10.7 Å². The zero-order valence-corrected chi connectivity index (χ0v) is 17.4. The lowest BCUT2D eigenvalue weighted by molar-refractivity contribution is 0.205. The Balaban J connectivity index is 1.62. The average Bonchev–Trinajstić information content (AvgIpc) is 3.08. The van der Waals surface area contributed by atoms with Crippen molar-refractivity contribution in [2.75, 3.05) is 51.2 Å². The summed E-state index contributed by atoms with van der Waals surface area (Å²) in [6.45, 7) is 7.97. The number of carbonyl (C=O) groups is 1. The van der Waals surface area contributed by atoms with Crippen molar-refractivity contribution in [2.24, 2.45) is 0 Å². The Labute approximate surface area is 166 Å². The lowest BCUT2D eigenvalue weighted by atomic mass is 10.00. The van der Waals surface area contributed by atoms with Crippen LogP contribution in [0, 0.1) is 0 Å². The SMILES string of the molecule is CC(C)NC(=O)N1C[C@@H]2c3nc(N4CCN(C)CC4)ncc3CS(=O)(=O)[C@@H]2C1. The van der Waals surface area contributed by atoms with Crippen LogP contribution in [0.2, 0.25) is 0 Å². The number of urea groups is 1. The quantitative estimate of drug-likeness (QED) is 0.738. The van der Waals surface area contributed by atoms with Crippen LogP contribution in [0.25, 0.3) is 0 Å². The van der Waals surface area contributed by atoms with Gasteiger partial charge in [-0.05, 0) is 20.9 Å². The zero-order chi connectivity index (χ0) is 20.1. The highest BCUT2D eigenvalue weighted by molar-refractivity contribution is 7.91. The second-order valence-corrected chi connectivity index (χ2v) is 10.6. The summed E-state index contributed by atoms with van der Waals surface area (Å²) < 4.78 is 25.6. The minimum atomic E-state index is -3.34. The number of likely N-dealkylation sites (N-methyl/N-ethyl adjacent to an activating group) is 1. The second-order valence-electron chi connectivity index (χ2n) is 8.33. The zero-order valence-electron chi connectivity index (χ0n) is 16.6. The first-order valence-corrected chi connectivity index (χ1v) is 11.5. The van der Waals surface area contributed by atoms with Crippen molar-refractivity contribution in [1.82, 2.24) is 25.1 Å². The number of aromatic nitrogens is 2. The number of hydrogen-bond acceptors (Lipinski definition) is 7. The molecule has 0 saturated carbocycles. The molecule has 3 aliphatic rings. The molecule has 0 spiro atoms. The molecule has 0 bridgehead atoms. The smallest absolute Gasteiger partial charge is 0.317 e. The van der Waals surface area contributed by atoms with Crippen molar-refractivity contribution >= 4 is 21.8 Å². The van der Waals surface area contributed by atoms with Gasteiger partial charge in [-0.15, -0.1) is 0 Å². The molecule has 2 saturated heterocycles. The van der Waals surface area contributed by atoms with Gasteiger partial charge in [0.1, 0.15) is 0 Å². The van der Waals surface area contributed by atoms with E-state index in [0.717, 1.165) is 31.9 Å². The van der Waals surface area contributed by atoms with Crippen molar-refractivity contribution < 1.29 is 13.2 Å². The molecule has 154 valence electrons. The maximum absolute atomic E-state index is 12.8. The van der Waals surface area contributed by atoms with Gasteiger partial charge in [-0.3, -0.25) is 0 Å². The standard InChI is InChI=1S/C18H28N6O3S/c1-12(2)20-18(25)24-9-14-15(10-24)28(26,27)11-13-8-19-17(21-16(13)14)23-6-4-22(3)5-7-23/h8,12,14-15H,4-7,9-11H2,1-3H3,(H,20,25)/t14-,15+/m0/s1. The van der Waals surface area contributed by atoms with Gasteiger partial charge in [0.05, 0.1) is 16.7 Å². The number of carbonyl (C=O) groups excluding carboxylic acids is 1. The predicted octanol–water partition coefficient (Wildman–Crippen LogP) is 0.0426. The summed E-state index contributed by atoms with van der Waals surface area (Å²) in [6, 6.07) is -0.209. The number of amides is 2. The first kappa shape index (κ1) is 19.4. The third-order valence-electron chi connectivity index (χ3n) is 5.81. The highest BCUT2D eigenvalue weighted by atomic mass is 32.2. The number of rotatable bonds is 2. The van der Waals surface area contributed by atoms with Crippen molar-refractivity contribution in [3.05, 3.63) is 17.5 Å². The molecule has 4 heterocycles. The van der Waals surface area contributed by atoms with Crippen LogP contribution in [-0.2, 0) is 15.6 Å². The molecular weight excluding hydrogens is 380 g/mol. The molecule has 1 aromatic rings. The summed E-state index contributed by atoms with van der Waals surface area (Å²) in [5.41, 5.74) is 1.47.